The molecule has 3 N–H and O–H groups in total. The zero-order valence-electron chi connectivity index (χ0n) is 14.3. The standard InChI is InChI=1S/C16H22N2O7/c1-16(2,3)14(23)10(18-11(19)5-6-12(18)20)8-17-9(15(24)25)4-7-13(21)22/h5-6,9-10,17H,4,7-8H2,1-3H3,(H,21,22)(H,24,25). The summed E-state index contributed by atoms with van der Waals surface area (Å²) in [5, 5.41) is 20.4. The molecule has 9 nitrogen and oxygen atoms in total. The summed E-state index contributed by atoms with van der Waals surface area (Å²) in [5.41, 5.74) is -0.866. The zero-order valence-corrected chi connectivity index (χ0v) is 14.3. The highest BCUT2D eigenvalue weighted by atomic mass is 16.4. The first-order chi connectivity index (χ1) is 11.4. The van der Waals surface area contributed by atoms with Crippen molar-refractivity contribution in [2.24, 2.45) is 5.41 Å². The molecule has 0 aromatic rings. The molecule has 0 fully saturated rings. The molecule has 0 spiro atoms. The smallest absolute Gasteiger partial charge is 0.320 e. The van der Waals surface area contributed by atoms with Crippen LogP contribution < -0.4 is 5.32 Å². The summed E-state index contributed by atoms with van der Waals surface area (Å²) < 4.78 is 0. The van der Waals surface area contributed by atoms with Crippen molar-refractivity contribution in [2.45, 2.75) is 45.7 Å². The summed E-state index contributed by atoms with van der Waals surface area (Å²) in [6, 6.07) is -2.39. The van der Waals surface area contributed by atoms with E-state index in [0.29, 0.717) is 0 Å². The van der Waals surface area contributed by atoms with Crippen molar-refractivity contribution in [2.75, 3.05) is 6.54 Å². The molecule has 0 aromatic carbocycles. The van der Waals surface area contributed by atoms with E-state index in [2.05, 4.69) is 5.32 Å². The summed E-state index contributed by atoms with van der Waals surface area (Å²) in [5.74, 6) is -4.13. The van der Waals surface area contributed by atoms with Crippen LogP contribution in [0.4, 0.5) is 0 Å². The molecule has 1 aliphatic heterocycles. The van der Waals surface area contributed by atoms with E-state index in [-0.39, 0.29) is 19.4 Å². The van der Waals surface area contributed by atoms with E-state index in [1.165, 1.54) is 0 Å². The van der Waals surface area contributed by atoms with Gasteiger partial charge in [0.25, 0.3) is 11.8 Å². The third kappa shape index (κ3) is 5.49. The van der Waals surface area contributed by atoms with Crippen LogP contribution >= 0.6 is 0 Å². The van der Waals surface area contributed by atoms with Gasteiger partial charge in [-0.3, -0.25) is 28.9 Å². The van der Waals surface area contributed by atoms with Crippen LogP contribution in [0.25, 0.3) is 0 Å². The minimum absolute atomic E-state index is 0.193. The van der Waals surface area contributed by atoms with Gasteiger partial charge in [-0.1, -0.05) is 20.8 Å². The average molecular weight is 354 g/mol. The van der Waals surface area contributed by atoms with Crippen LogP contribution in [0.3, 0.4) is 0 Å². The number of Topliss-reactive ketones (excluding diaryl/α,β-unsaturated/α-hetero) is 1. The minimum atomic E-state index is -1.28. The monoisotopic (exact) mass is 354 g/mol. The fourth-order valence-electron chi connectivity index (χ4n) is 2.35. The number of aliphatic carboxylic acids is 2. The molecule has 0 radical (unpaired) electrons. The Labute approximate surface area is 144 Å². The molecular weight excluding hydrogens is 332 g/mol. The molecule has 2 amide bonds. The molecule has 1 aliphatic rings. The number of carboxylic acid groups (broad SMARTS) is 2. The number of hydrogen-bond donors (Lipinski definition) is 3. The van der Waals surface area contributed by atoms with E-state index in [0.717, 1.165) is 17.1 Å². The highest BCUT2D eigenvalue weighted by Gasteiger charge is 2.40. The molecule has 0 saturated carbocycles. The van der Waals surface area contributed by atoms with E-state index in [9.17, 15) is 24.0 Å². The Kier molecular flexibility index (Phi) is 6.57. The highest BCUT2D eigenvalue weighted by Crippen LogP contribution is 2.22. The Morgan fingerprint density at radius 2 is 1.64 bits per heavy atom. The van der Waals surface area contributed by atoms with E-state index in [1.54, 1.807) is 20.8 Å². The van der Waals surface area contributed by atoms with Crippen LogP contribution in [-0.2, 0) is 24.0 Å². The number of rotatable bonds is 9. The van der Waals surface area contributed by atoms with E-state index >= 15 is 0 Å². The first-order valence-corrected chi connectivity index (χ1v) is 7.72. The highest BCUT2D eigenvalue weighted by molar-refractivity contribution is 6.15. The lowest BCUT2D eigenvalue weighted by molar-refractivity contribution is -0.147. The lowest BCUT2D eigenvalue weighted by atomic mass is 9.85. The molecule has 0 saturated heterocycles. The average Bonchev–Trinajstić information content (AvgIpc) is 2.80. The molecule has 25 heavy (non-hydrogen) atoms. The molecule has 1 heterocycles. The molecule has 2 atom stereocenters. The maximum atomic E-state index is 12.6. The van der Waals surface area contributed by atoms with E-state index in [4.69, 9.17) is 10.2 Å². The number of nitrogens with one attached hydrogen (secondary N) is 1. The van der Waals surface area contributed by atoms with Crippen molar-refractivity contribution in [3.8, 4) is 0 Å². The summed E-state index contributed by atoms with van der Waals surface area (Å²) in [6.45, 7) is 4.60. The van der Waals surface area contributed by atoms with Crippen LogP contribution in [-0.4, -0.2) is 63.3 Å². The van der Waals surface area contributed by atoms with Gasteiger partial charge in [0, 0.05) is 30.5 Å². The fourth-order valence-corrected chi connectivity index (χ4v) is 2.35. The van der Waals surface area contributed by atoms with Gasteiger partial charge >= 0.3 is 11.9 Å². The number of ketones is 1. The van der Waals surface area contributed by atoms with Crippen molar-refractivity contribution < 1.29 is 34.2 Å². The maximum Gasteiger partial charge on any atom is 0.320 e. The van der Waals surface area contributed by atoms with Gasteiger partial charge in [-0.2, -0.15) is 0 Å². The Morgan fingerprint density at radius 1 is 1.12 bits per heavy atom. The predicted molar refractivity (Wildman–Crippen MR) is 85.5 cm³/mol. The minimum Gasteiger partial charge on any atom is -0.481 e. The molecule has 0 aromatic heterocycles. The van der Waals surface area contributed by atoms with Crippen LogP contribution in [0.2, 0.25) is 0 Å². The van der Waals surface area contributed by atoms with Crippen molar-refractivity contribution in [1.82, 2.24) is 10.2 Å². The van der Waals surface area contributed by atoms with Gasteiger partial charge in [0.1, 0.15) is 12.1 Å². The fraction of sp³-hybridized carbons (Fsp3) is 0.562. The van der Waals surface area contributed by atoms with Gasteiger partial charge in [-0.05, 0) is 6.42 Å². The van der Waals surface area contributed by atoms with E-state index < -0.39 is 47.0 Å². The molecule has 2 unspecified atom stereocenters. The SMILES string of the molecule is CC(C)(C)C(=O)C(CNC(CCC(=O)O)C(=O)O)N1C(=O)C=CC1=O. The number of carbonyl (C=O) groups excluding carboxylic acids is 3. The zero-order chi connectivity index (χ0) is 19.4. The second kappa shape index (κ2) is 8.02. The second-order valence-corrected chi connectivity index (χ2v) is 6.74. The number of carbonyl (C=O) groups is 5. The van der Waals surface area contributed by atoms with Crippen LogP contribution in [0.15, 0.2) is 12.2 Å². The quantitative estimate of drug-likeness (QED) is 0.484. The lowest BCUT2D eigenvalue weighted by Crippen LogP contribution is -2.55. The normalized spacial score (nSPS) is 16.8. The molecular formula is C16H22N2O7. The van der Waals surface area contributed by atoms with Crippen LogP contribution in [0.5, 0.6) is 0 Å². The molecule has 0 aliphatic carbocycles. The summed E-state index contributed by atoms with van der Waals surface area (Å²) in [6.07, 6.45) is 1.53. The predicted octanol–water partition coefficient (Wildman–Crippen LogP) is -0.197. The number of carboxylic acids is 2. The van der Waals surface area contributed by atoms with Crippen LogP contribution in [0, 0.1) is 5.41 Å². The van der Waals surface area contributed by atoms with Gasteiger partial charge in [-0.15, -0.1) is 0 Å². The largest absolute Gasteiger partial charge is 0.481 e. The molecule has 1 rings (SSSR count). The van der Waals surface area contributed by atoms with Crippen molar-refractivity contribution >= 4 is 29.5 Å². The van der Waals surface area contributed by atoms with Crippen LogP contribution in [0.1, 0.15) is 33.6 Å². The Hall–Kier alpha value is -2.55. The van der Waals surface area contributed by atoms with Crippen molar-refractivity contribution in [3.63, 3.8) is 0 Å². The first kappa shape index (κ1) is 20.5. The summed E-state index contributed by atoms with van der Waals surface area (Å²) in [7, 11) is 0. The second-order valence-electron chi connectivity index (χ2n) is 6.74. The summed E-state index contributed by atoms with van der Waals surface area (Å²) >= 11 is 0. The molecule has 9 heteroatoms. The number of nitrogens with zero attached hydrogens (tertiary/aromatic N) is 1. The Bertz CT molecular complexity index is 600. The lowest BCUT2D eigenvalue weighted by Gasteiger charge is -2.31. The third-order valence-electron chi connectivity index (χ3n) is 3.70. The van der Waals surface area contributed by atoms with Gasteiger partial charge < -0.3 is 15.5 Å². The third-order valence-corrected chi connectivity index (χ3v) is 3.70. The Balaban J connectivity index is 2.95. The topological polar surface area (TPSA) is 141 Å². The van der Waals surface area contributed by atoms with Gasteiger partial charge in [0.15, 0.2) is 5.78 Å². The van der Waals surface area contributed by atoms with Gasteiger partial charge in [0.2, 0.25) is 0 Å². The number of hydrogen-bond acceptors (Lipinski definition) is 6. The van der Waals surface area contributed by atoms with Gasteiger partial charge in [-0.25, -0.2) is 0 Å². The van der Waals surface area contributed by atoms with E-state index in [1.807, 2.05) is 0 Å². The number of amides is 2. The first-order valence-electron chi connectivity index (χ1n) is 7.72. The summed E-state index contributed by atoms with van der Waals surface area (Å²) in [4.78, 5) is 59.1. The number of imide groups is 1. The Morgan fingerprint density at radius 3 is 2.04 bits per heavy atom. The van der Waals surface area contributed by atoms with Crippen molar-refractivity contribution in [3.05, 3.63) is 12.2 Å². The molecule has 0 bridgehead atoms. The van der Waals surface area contributed by atoms with Gasteiger partial charge in [0.05, 0.1) is 0 Å². The molecule has 138 valence electrons. The maximum absolute atomic E-state index is 12.6. The van der Waals surface area contributed by atoms with Crippen molar-refractivity contribution in [1.29, 1.82) is 0 Å².